The lowest BCUT2D eigenvalue weighted by Gasteiger charge is -2.10. The van der Waals surface area contributed by atoms with Crippen molar-refractivity contribution in [1.82, 2.24) is 14.8 Å². The number of methoxy groups -OCH3 is 1. The Bertz CT molecular complexity index is 878. The Balaban J connectivity index is 1.59. The molecule has 0 atom stereocenters. The Hall–Kier alpha value is -2.34. The van der Waals surface area contributed by atoms with E-state index in [1.807, 2.05) is 24.3 Å². The van der Waals surface area contributed by atoms with Gasteiger partial charge < -0.3 is 4.74 Å². The van der Waals surface area contributed by atoms with Gasteiger partial charge in [-0.05, 0) is 42.7 Å². The Morgan fingerprint density at radius 1 is 1.16 bits per heavy atom. The molecule has 4 nitrogen and oxygen atoms in total. The largest absolute Gasteiger partial charge is 0.494 e. The fourth-order valence-corrected chi connectivity index (χ4v) is 3.65. The van der Waals surface area contributed by atoms with Crippen LogP contribution in [0.4, 0.5) is 4.39 Å². The van der Waals surface area contributed by atoms with E-state index in [0.717, 1.165) is 22.2 Å². The summed E-state index contributed by atoms with van der Waals surface area (Å²) in [7, 11) is 1.47. The zero-order chi connectivity index (χ0) is 17.2. The number of nitrogens with zero attached hydrogens (tertiary/aromatic N) is 3. The first-order valence-electron chi connectivity index (χ1n) is 8.22. The second-order valence-corrected chi connectivity index (χ2v) is 6.99. The van der Waals surface area contributed by atoms with Crippen LogP contribution in [0.3, 0.4) is 0 Å². The molecule has 0 unspecified atom stereocenters. The maximum absolute atomic E-state index is 13.9. The maximum atomic E-state index is 13.9. The summed E-state index contributed by atoms with van der Waals surface area (Å²) in [4.78, 5) is 0. The molecule has 2 aromatic carbocycles. The number of thioether (sulfide) groups is 1. The standard InChI is InChI=1S/C19H18FN3OS/c1-24-17-10-7-13(11-16(17)20)12-25-19-22-21-18(14-8-9-14)23(19)15-5-3-2-4-6-15/h2-7,10-11,14H,8-9,12H2,1H3. The molecule has 6 heteroatoms. The number of benzene rings is 2. The molecule has 0 bridgehead atoms. The summed E-state index contributed by atoms with van der Waals surface area (Å²) in [5.74, 6) is 2.06. The van der Waals surface area contributed by atoms with Crippen LogP contribution >= 0.6 is 11.8 Å². The molecule has 0 saturated heterocycles. The van der Waals surface area contributed by atoms with E-state index in [4.69, 9.17) is 4.74 Å². The smallest absolute Gasteiger partial charge is 0.196 e. The van der Waals surface area contributed by atoms with Crippen molar-refractivity contribution in [2.24, 2.45) is 0 Å². The molecule has 1 saturated carbocycles. The van der Waals surface area contributed by atoms with Crippen LogP contribution in [0.5, 0.6) is 5.75 Å². The van der Waals surface area contributed by atoms with E-state index in [1.165, 1.54) is 26.0 Å². The van der Waals surface area contributed by atoms with Gasteiger partial charge in [-0.25, -0.2) is 4.39 Å². The van der Waals surface area contributed by atoms with Gasteiger partial charge in [-0.3, -0.25) is 4.57 Å². The topological polar surface area (TPSA) is 39.9 Å². The molecule has 0 radical (unpaired) electrons. The number of ether oxygens (including phenoxy) is 1. The average Bonchev–Trinajstić information content (AvgIpc) is 3.40. The van der Waals surface area contributed by atoms with Crippen LogP contribution in [0, 0.1) is 5.82 Å². The summed E-state index contributed by atoms with van der Waals surface area (Å²) in [5.41, 5.74) is 1.96. The van der Waals surface area contributed by atoms with Crippen molar-refractivity contribution in [1.29, 1.82) is 0 Å². The lowest BCUT2D eigenvalue weighted by molar-refractivity contribution is 0.386. The molecular weight excluding hydrogens is 337 g/mol. The Kier molecular flexibility index (Phi) is 4.44. The monoisotopic (exact) mass is 355 g/mol. The van der Waals surface area contributed by atoms with Crippen LogP contribution in [-0.2, 0) is 5.75 Å². The van der Waals surface area contributed by atoms with Crippen LogP contribution in [0.15, 0.2) is 53.7 Å². The molecule has 4 rings (SSSR count). The normalized spacial score (nSPS) is 13.8. The van der Waals surface area contributed by atoms with E-state index in [2.05, 4.69) is 26.9 Å². The van der Waals surface area contributed by atoms with E-state index in [9.17, 15) is 4.39 Å². The van der Waals surface area contributed by atoms with E-state index in [0.29, 0.717) is 11.7 Å². The zero-order valence-electron chi connectivity index (χ0n) is 13.9. The van der Waals surface area contributed by atoms with E-state index < -0.39 is 0 Å². The van der Waals surface area contributed by atoms with E-state index in [1.54, 1.807) is 17.8 Å². The van der Waals surface area contributed by atoms with Gasteiger partial charge in [0.05, 0.1) is 7.11 Å². The fraction of sp³-hybridized carbons (Fsp3) is 0.263. The molecule has 0 amide bonds. The molecule has 1 aromatic heterocycles. The summed E-state index contributed by atoms with van der Waals surface area (Å²) in [6.07, 6.45) is 2.33. The summed E-state index contributed by atoms with van der Waals surface area (Å²) >= 11 is 1.57. The maximum Gasteiger partial charge on any atom is 0.196 e. The molecule has 1 aliphatic rings. The van der Waals surface area contributed by atoms with Crippen LogP contribution in [-0.4, -0.2) is 21.9 Å². The highest BCUT2D eigenvalue weighted by Crippen LogP contribution is 2.41. The average molecular weight is 355 g/mol. The van der Waals surface area contributed by atoms with Crippen molar-refractivity contribution >= 4 is 11.8 Å². The second-order valence-electron chi connectivity index (χ2n) is 6.04. The lowest BCUT2D eigenvalue weighted by atomic mass is 10.2. The molecule has 1 fully saturated rings. The minimum atomic E-state index is -0.344. The third-order valence-electron chi connectivity index (χ3n) is 4.20. The molecule has 1 aliphatic carbocycles. The fourth-order valence-electron chi connectivity index (χ4n) is 2.75. The summed E-state index contributed by atoms with van der Waals surface area (Å²) in [6.45, 7) is 0. The van der Waals surface area contributed by atoms with Crippen molar-refractivity contribution in [3.8, 4) is 11.4 Å². The van der Waals surface area contributed by atoms with Gasteiger partial charge in [0.25, 0.3) is 0 Å². The van der Waals surface area contributed by atoms with Crippen LogP contribution < -0.4 is 4.74 Å². The summed E-state index contributed by atoms with van der Waals surface area (Å²) in [5, 5.41) is 9.63. The van der Waals surface area contributed by atoms with Gasteiger partial charge in [0, 0.05) is 17.4 Å². The Morgan fingerprint density at radius 2 is 1.96 bits per heavy atom. The molecular formula is C19H18FN3OS. The first kappa shape index (κ1) is 16.1. The van der Waals surface area contributed by atoms with Gasteiger partial charge in [0.15, 0.2) is 16.7 Å². The molecule has 0 N–H and O–H groups in total. The van der Waals surface area contributed by atoms with Crippen molar-refractivity contribution in [3.63, 3.8) is 0 Å². The van der Waals surface area contributed by atoms with Crippen molar-refractivity contribution in [2.75, 3.05) is 7.11 Å². The molecule has 0 spiro atoms. The molecule has 128 valence electrons. The summed E-state index contributed by atoms with van der Waals surface area (Å²) in [6, 6.07) is 15.2. The number of rotatable bonds is 6. The Labute approximate surface area is 150 Å². The quantitative estimate of drug-likeness (QED) is 0.607. The molecule has 1 heterocycles. The number of aromatic nitrogens is 3. The highest BCUT2D eigenvalue weighted by atomic mass is 32.2. The minimum absolute atomic E-state index is 0.261. The van der Waals surface area contributed by atoms with Crippen LogP contribution in [0.1, 0.15) is 30.1 Å². The highest BCUT2D eigenvalue weighted by Gasteiger charge is 2.31. The third-order valence-corrected chi connectivity index (χ3v) is 5.20. The first-order valence-corrected chi connectivity index (χ1v) is 9.21. The zero-order valence-corrected chi connectivity index (χ0v) is 14.7. The van der Waals surface area contributed by atoms with E-state index in [-0.39, 0.29) is 11.6 Å². The summed E-state index contributed by atoms with van der Waals surface area (Å²) < 4.78 is 21.0. The highest BCUT2D eigenvalue weighted by molar-refractivity contribution is 7.98. The number of hydrogen-bond acceptors (Lipinski definition) is 4. The number of halogens is 1. The first-order chi connectivity index (χ1) is 12.3. The predicted octanol–water partition coefficient (Wildman–Crippen LogP) is 4.58. The van der Waals surface area contributed by atoms with Crippen molar-refractivity contribution < 1.29 is 9.13 Å². The van der Waals surface area contributed by atoms with Crippen molar-refractivity contribution in [3.05, 3.63) is 65.7 Å². The molecule has 0 aliphatic heterocycles. The predicted molar refractivity (Wildman–Crippen MR) is 95.8 cm³/mol. The van der Waals surface area contributed by atoms with Gasteiger partial charge in [0.1, 0.15) is 5.82 Å². The SMILES string of the molecule is COc1ccc(CSc2nnc(C3CC3)n2-c2ccccc2)cc1F. The van der Waals surface area contributed by atoms with Gasteiger partial charge in [-0.2, -0.15) is 0 Å². The minimum Gasteiger partial charge on any atom is -0.494 e. The Morgan fingerprint density at radius 3 is 2.64 bits per heavy atom. The third kappa shape index (κ3) is 3.39. The van der Waals surface area contributed by atoms with Gasteiger partial charge in [-0.15, -0.1) is 10.2 Å². The number of hydrogen-bond donors (Lipinski definition) is 0. The molecule has 25 heavy (non-hydrogen) atoms. The van der Waals surface area contributed by atoms with E-state index >= 15 is 0 Å². The molecule has 3 aromatic rings. The lowest BCUT2D eigenvalue weighted by Crippen LogP contribution is -2.01. The van der Waals surface area contributed by atoms with Gasteiger partial charge >= 0.3 is 0 Å². The van der Waals surface area contributed by atoms with Gasteiger partial charge in [-0.1, -0.05) is 36.0 Å². The number of para-hydroxylation sites is 1. The van der Waals surface area contributed by atoms with Crippen LogP contribution in [0.25, 0.3) is 5.69 Å². The second kappa shape index (κ2) is 6.88. The van der Waals surface area contributed by atoms with Gasteiger partial charge in [0.2, 0.25) is 0 Å². The van der Waals surface area contributed by atoms with Crippen LogP contribution in [0.2, 0.25) is 0 Å². The van der Waals surface area contributed by atoms with Crippen molar-refractivity contribution in [2.45, 2.75) is 29.7 Å².